The number of carbonyl (C=O) groups is 1. The molecule has 1 aromatic carbocycles. The average molecular weight is 322 g/mol. The molecule has 3 rings (SSSR count). The fourth-order valence-corrected chi connectivity index (χ4v) is 2.18. The van der Waals surface area contributed by atoms with Crippen LogP contribution in [0, 0.1) is 6.92 Å². The molecule has 6 heteroatoms. The van der Waals surface area contributed by atoms with Gasteiger partial charge in [-0.1, -0.05) is 24.3 Å². The molecule has 24 heavy (non-hydrogen) atoms. The molecule has 6 nitrogen and oxygen atoms in total. The van der Waals surface area contributed by atoms with Crippen LogP contribution in [0.3, 0.4) is 0 Å². The van der Waals surface area contributed by atoms with Crippen LogP contribution in [-0.2, 0) is 11.3 Å². The van der Waals surface area contributed by atoms with Gasteiger partial charge in [-0.3, -0.25) is 9.78 Å². The third kappa shape index (κ3) is 3.98. The second-order valence-electron chi connectivity index (χ2n) is 5.28. The summed E-state index contributed by atoms with van der Waals surface area (Å²) >= 11 is 0. The van der Waals surface area contributed by atoms with Gasteiger partial charge >= 0.3 is 0 Å². The maximum Gasteiger partial charge on any atom is 0.258 e. The number of hydrogen-bond acceptors (Lipinski definition) is 4. The molecular weight excluding hydrogens is 304 g/mol. The molecule has 0 saturated carbocycles. The largest absolute Gasteiger partial charge is 0.466 e. The molecule has 0 radical (unpaired) electrons. The zero-order valence-electron chi connectivity index (χ0n) is 13.3. The maximum absolute atomic E-state index is 11.9. The van der Waals surface area contributed by atoms with Crippen molar-refractivity contribution in [3.63, 3.8) is 0 Å². The van der Waals surface area contributed by atoms with Gasteiger partial charge in [-0.2, -0.15) is 0 Å². The first-order valence-electron chi connectivity index (χ1n) is 7.63. The molecule has 0 aliphatic rings. The van der Waals surface area contributed by atoms with Gasteiger partial charge in [0, 0.05) is 18.0 Å². The number of nitrogens with zero attached hydrogens (tertiary/aromatic N) is 3. The van der Waals surface area contributed by atoms with Gasteiger partial charge in [0.2, 0.25) is 5.88 Å². The van der Waals surface area contributed by atoms with E-state index in [1.54, 1.807) is 10.9 Å². The number of nitrogens with one attached hydrogen (secondary N) is 1. The summed E-state index contributed by atoms with van der Waals surface area (Å²) in [6.45, 7) is 2.19. The van der Waals surface area contributed by atoms with Crippen molar-refractivity contribution in [1.29, 1.82) is 0 Å². The summed E-state index contributed by atoms with van der Waals surface area (Å²) in [6, 6.07) is 15.3. The highest BCUT2D eigenvalue weighted by Crippen LogP contribution is 2.17. The highest BCUT2D eigenvalue weighted by Gasteiger charge is 2.10. The van der Waals surface area contributed by atoms with Crippen molar-refractivity contribution in [3.05, 3.63) is 72.2 Å². The first kappa shape index (κ1) is 15.7. The van der Waals surface area contributed by atoms with Crippen LogP contribution in [0.1, 0.15) is 11.3 Å². The lowest BCUT2D eigenvalue weighted by molar-refractivity contribution is -0.123. The summed E-state index contributed by atoms with van der Waals surface area (Å²) in [5, 5.41) is 7.14. The number of ether oxygens (including phenoxy) is 1. The number of carbonyl (C=O) groups excluding carboxylic acids is 1. The number of pyridine rings is 1. The van der Waals surface area contributed by atoms with E-state index in [9.17, 15) is 4.79 Å². The number of aromatic nitrogens is 3. The minimum absolute atomic E-state index is 0.0839. The lowest BCUT2D eigenvalue weighted by Crippen LogP contribution is -2.28. The predicted molar refractivity (Wildman–Crippen MR) is 89.9 cm³/mol. The molecule has 0 spiro atoms. The van der Waals surface area contributed by atoms with Crippen LogP contribution in [0.15, 0.2) is 60.9 Å². The highest BCUT2D eigenvalue weighted by atomic mass is 16.5. The van der Waals surface area contributed by atoms with Gasteiger partial charge in [0.15, 0.2) is 6.61 Å². The first-order valence-corrected chi connectivity index (χ1v) is 7.63. The molecule has 0 bridgehead atoms. The molecule has 0 saturated heterocycles. The Morgan fingerprint density at radius 3 is 2.71 bits per heavy atom. The number of hydrogen-bond donors (Lipinski definition) is 1. The van der Waals surface area contributed by atoms with Gasteiger partial charge in [-0.05, 0) is 31.2 Å². The van der Waals surface area contributed by atoms with E-state index in [1.807, 2.05) is 61.7 Å². The minimum atomic E-state index is -0.214. The molecule has 1 N–H and O–H groups in total. The van der Waals surface area contributed by atoms with Crippen molar-refractivity contribution < 1.29 is 9.53 Å². The van der Waals surface area contributed by atoms with Gasteiger partial charge in [0.25, 0.3) is 5.91 Å². The lowest BCUT2D eigenvalue weighted by Gasteiger charge is -2.06. The summed E-state index contributed by atoms with van der Waals surface area (Å²) in [5.41, 5.74) is 2.61. The number of benzene rings is 1. The minimum Gasteiger partial charge on any atom is -0.466 e. The van der Waals surface area contributed by atoms with Crippen LogP contribution >= 0.6 is 0 Å². The van der Waals surface area contributed by atoms with Crippen molar-refractivity contribution in [1.82, 2.24) is 20.1 Å². The Morgan fingerprint density at radius 1 is 1.17 bits per heavy atom. The van der Waals surface area contributed by atoms with E-state index in [0.29, 0.717) is 12.4 Å². The number of amides is 1. The Kier molecular flexibility index (Phi) is 4.86. The van der Waals surface area contributed by atoms with Crippen LogP contribution in [0.4, 0.5) is 0 Å². The topological polar surface area (TPSA) is 69.0 Å². The third-order valence-corrected chi connectivity index (χ3v) is 3.41. The summed E-state index contributed by atoms with van der Waals surface area (Å²) in [7, 11) is 0. The zero-order chi connectivity index (χ0) is 16.8. The number of rotatable bonds is 6. The maximum atomic E-state index is 11.9. The number of para-hydroxylation sites is 1. The lowest BCUT2D eigenvalue weighted by atomic mass is 10.3. The molecule has 1 amide bonds. The van der Waals surface area contributed by atoms with E-state index >= 15 is 0 Å². The van der Waals surface area contributed by atoms with E-state index in [0.717, 1.165) is 16.9 Å². The zero-order valence-corrected chi connectivity index (χ0v) is 13.3. The van der Waals surface area contributed by atoms with Gasteiger partial charge in [0.05, 0.1) is 17.9 Å². The molecule has 3 aromatic rings. The molecule has 2 heterocycles. The smallest absolute Gasteiger partial charge is 0.258 e. The third-order valence-electron chi connectivity index (χ3n) is 3.41. The Bertz CT molecular complexity index is 800. The monoisotopic (exact) mass is 322 g/mol. The Morgan fingerprint density at radius 2 is 1.96 bits per heavy atom. The molecule has 0 unspecified atom stereocenters. The van der Waals surface area contributed by atoms with Crippen molar-refractivity contribution in [2.24, 2.45) is 0 Å². The average Bonchev–Trinajstić information content (AvgIpc) is 3.01. The molecule has 0 aliphatic carbocycles. The van der Waals surface area contributed by atoms with E-state index in [2.05, 4.69) is 15.4 Å². The molecular formula is C18H18N4O2. The van der Waals surface area contributed by atoms with E-state index in [-0.39, 0.29) is 12.5 Å². The van der Waals surface area contributed by atoms with Gasteiger partial charge in [-0.25, -0.2) is 4.68 Å². The molecule has 0 fully saturated rings. The summed E-state index contributed by atoms with van der Waals surface area (Å²) < 4.78 is 7.26. The highest BCUT2D eigenvalue weighted by molar-refractivity contribution is 5.77. The summed E-state index contributed by atoms with van der Waals surface area (Å²) in [4.78, 5) is 16.0. The van der Waals surface area contributed by atoms with E-state index < -0.39 is 0 Å². The van der Waals surface area contributed by atoms with E-state index in [4.69, 9.17) is 4.74 Å². The summed E-state index contributed by atoms with van der Waals surface area (Å²) in [5.74, 6) is 0.237. The fraction of sp³-hybridized carbons (Fsp3) is 0.167. The molecule has 0 atom stereocenters. The molecule has 0 aliphatic heterocycles. The van der Waals surface area contributed by atoms with Crippen molar-refractivity contribution in [2.75, 3.05) is 6.61 Å². The number of aryl methyl sites for hydroxylation is 1. The van der Waals surface area contributed by atoms with Crippen molar-refractivity contribution in [3.8, 4) is 11.6 Å². The second-order valence-corrected chi connectivity index (χ2v) is 5.28. The van der Waals surface area contributed by atoms with Crippen molar-refractivity contribution >= 4 is 5.91 Å². The standard InChI is InChI=1S/C18H18N4O2/c1-14-12-22(16-8-3-2-4-9-16)21-18(14)24-13-17(23)20-11-15-7-5-6-10-19-15/h2-10,12H,11,13H2,1H3,(H,20,23). The van der Waals surface area contributed by atoms with Crippen LogP contribution in [0.25, 0.3) is 5.69 Å². The van der Waals surface area contributed by atoms with Crippen LogP contribution in [0.2, 0.25) is 0 Å². The van der Waals surface area contributed by atoms with Crippen LogP contribution < -0.4 is 10.1 Å². The van der Waals surface area contributed by atoms with Crippen LogP contribution in [0.5, 0.6) is 5.88 Å². The van der Waals surface area contributed by atoms with Gasteiger partial charge in [-0.15, -0.1) is 5.10 Å². The van der Waals surface area contributed by atoms with Gasteiger partial charge in [0.1, 0.15) is 0 Å². The fourth-order valence-electron chi connectivity index (χ4n) is 2.18. The molecule has 122 valence electrons. The quantitative estimate of drug-likeness (QED) is 0.756. The first-order chi connectivity index (χ1) is 11.7. The van der Waals surface area contributed by atoms with Crippen molar-refractivity contribution in [2.45, 2.75) is 13.5 Å². The Balaban J connectivity index is 1.55. The molecule has 2 aromatic heterocycles. The Labute approximate surface area is 140 Å². The SMILES string of the molecule is Cc1cn(-c2ccccc2)nc1OCC(=O)NCc1ccccn1. The normalized spacial score (nSPS) is 10.4. The summed E-state index contributed by atoms with van der Waals surface area (Å²) in [6.07, 6.45) is 3.56. The van der Waals surface area contributed by atoms with E-state index in [1.165, 1.54) is 0 Å². The Hall–Kier alpha value is -3.15. The second kappa shape index (κ2) is 7.41. The predicted octanol–water partition coefficient (Wildman–Crippen LogP) is 2.27. The van der Waals surface area contributed by atoms with Gasteiger partial charge < -0.3 is 10.1 Å². The van der Waals surface area contributed by atoms with Crippen LogP contribution in [-0.4, -0.2) is 27.3 Å².